The van der Waals surface area contributed by atoms with Gasteiger partial charge in [0, 0.05) is 6.42 Å². The lowest BCUT2D eigenvalue weighted by molar-refractivity contribution is -0.137. The van der Waals surface area contributed by atoms with Crippen molar-refractivity contribution in [1.29, 1.82) is 0 Å². The molecule has 2 nitrogen and oxygen atoms in total. The second-order valence-corrected chi connectivity index (χ2v) is 6.39. The van der Waals surface area contributed by atoms with Crippen LogP contribution in [0.5, 0.6) is 0 Å². The minimum absolute atomic E-state index is 0.500. The van der Waals surface area contributed by atoms with Crippen molar-refractivity contribution in [1.82, 2.24) is 0 Å². The summed E-state index contributed by atoms with van der Waals surface area (Å²) in [6, 6.07) is 10.9. The summed E-state index contributed by atoms with van der Waals surface area (Å²) in [6.45, 7) is 1.99. The highest BCUT2D eigenvalue weighted by Crippen LogP contribution is 2.35. The van der Waals surface area contributed by atoms with Gasteiger partial charge in [-0.05, 0) is 48.6 Å². The van der Waals surface area contributed by atoms with Crippen molar-refractivity contribution in [3.8, 4) is 0 Å². The van der Waals surface area contributed by atoms with E-state index >= 15 is 0 Å². The van der Waals surface area contributed by atoms with Crippen LogP contribution in [0.1, 0.15) is 23.1 Å². The molecule has 0 N–H and O–H groups in total. The molecule has 0 bridgehead atoms. The molecule has 0 aromatic heterocycles. The third-order valence-corrected chi connectivity index (χ3v) is 4.44. The number of thioether (sulfide) groups is 1. The molecule has 0 atom stereocenters. The fraction of sp³-hybridized carbons (Fsp3) is 0.222. The molecule has 1 aliphatic heterocycles. The lowest BCUT2D eigenvalue weighted by atomic mass is 10.1. The van der Waals surface area contributed by atoms with Crippen LogP contribution in [0.3, 0.4) is 0 Å². The van der Waals surface area contributed by atoms with Crippen LogP contribution < -0.4 is 0 Å². The van der Waals surface area contributed by atoms with Gasteiger partial charge in [-0.2, -0.15) is 13.2 Å². The second-order valence-electron chi connectivity index (χ2n) is 5.51. The van der Waals surface area contributed by atoms with E-state index < -0.39 is 11.7 Å². The number of nitrogens with zero attached hydrogens (tertiary/aromatic N) is 2. The zero-order valence-corrected chi connectivity index (χ0v) is 14.0. The molecule has 0 fully saturated rings. The number of fused-ring (bicyclic) bond motifs is 1. The Morgan fingerprint density at radius 3 is 2.29 bits per heavy atom. The molecular weight excluding hydrogens is 333 g/mol. The number of halogens is 3. The fourth-order valence-electron chi connectivity index (χ4n) is 2.46. The van der Waals surface area contributed by atoms with Gasteiger partial charge in [-0.1, -0.05) is 18.2 Å². The molecule has 3 rings (SSSR count). The Labute approximate surface area is 142 Å². The predicted octanol–water partition coefficient (Wildman–Crippen LogP) is 5.93. The van der Waals surface area contributed by atoms with E-state index in [0.29, 0.717) is 12.0 Å². The van der Waals surface area contributed by atoms with E-state index in [2.05, 4.69) is 9.98 Å². The van der Waals surface area contributed by atoms with Gasteiger partial charge in [0.15, 0.2) is 0 Å². The Kier molecular flexibility index (Phi) is 4.49. The van der Waals surface area contributed by atoms with Crippen LogP contribution in [-0.4, -0.2) is 17.0 Å². The summed E-state index contributed by atoms with van der Waals surface area (Å²) in [6.07, 6.45) is -1.90. The van der Waals surface area contributed by atoms with Gasteiger partial charge in [0.25, 0.3) is 0 Å². The third-order valence-electron chi connectivity index (χ3n) is 3.73. The molecular formula is C18H15F3N2S. The van der Waals surface area contributed by atoms with Crippen LogP contribution >= 0.6 is 11.8 Å². The SMILES string of the molecule is CSC1=Nc2cc(C)ccc2N=C(c2ccc(C(F)(F)F)cc2)C1. The largest absolute Gasteiger partial charge is 0.416 e. The minimum Gasteiger partial charge on any atom is -0.250 e. The first-order valence-corrected chi connectivity index (χ1v) is 8.56. The zero-order valence-electron chi connectivity index (χ0n) is 13.2. The normalized spacial score (nSPS) is 14.5. The smallest absolute Gasteiger partial charge is 0.250 e. The lowest BCUT2D eigenvalue weighted by Gasteiger charge is -2.09. The van der Waals surface area contributed by atoms with Crippen molar-refractivity contribution in [3.63, 3.8) is 0 Å². The van der Waals surface area contributed by atoms with Crippen LogP contribution in [0, 0.1) is 6.92 Å². The van der Waals surface area contributed by atoms with E-state index in [1.807, 2.05) is 31.4 Å². The molecule has 0 spiro atoms. The van der Waals surface area contributed by atoms with Crippen LogP contribution in [-0.2, 0) is 6.18 Å². The maximum absolute atomic E-state index is 12.7. The number of rotatable bonds is 1. The Morgan fingerprint density at radius 2 is 1.67 bits per heavy atom. The number of benzene rings is 2. The Balaban J connectivity index is 2.04. The first kappa shape index (κ1) is 16.8. The molecule has 2 aromatic rings. The molecule has 1 aliphatic rings. The maximum Gasteiger partial charge on any atom is 0.416 e. The molecule has 0 aliphatic carbocycles. The number of aliphatic imine (C=N–C) groups is 2. The molecule has 0 radical (unpaired) electrons. The van der Waals surface area contributed by atoms with Gasteiger partial charge < -0.3 is 0 Å². The van der Waals surface area contributed by atoms with Gasteiger partial charge >= 0.3 is 6.18 Å². The van der Waals surface area contributed by atoms with Crippen molar-refractivity contribution in [2.75, 3.05) is 6.26 Å². The van der Waals surface area contributed by atoms with Crippen molar-refractivity contribution >= 4 is 33.9 Å². The summed E-state index contributed by atoms with van der Waals surface area (Å²) in [5, 5.41) is 0.887. The highest BCUT2D eigenvalue weighted by molar-refractivity contribution is 8.13. The van der Waals surface area contributed by atoms with Crippen LogP contribution in [0.4, 0.5) is 24.5 Å². The van der Waals surface area contributed by atoms with E-state index in [1.54, 1.807) is 0 Å². The van der Waals surface area contributed by atoms with Crippen molar-refractivity contribution in [2.24, 2.45) is 9.98 Å². The maximum atomic E-state index is 12.7. The van der Waals surface area contributed by atoms with E-state index in [0.717, 1.165) is 39.8 Å². The molecule has 0 saturated carbocycles. The number of alkyl halides is 3. The van der Waals surface area contributed by atoms with Crippen molar-refractivity contribution in [2.45, 2.75) is 19.5 Å². The van der Waals surface area contributed by atoms with Gasteiger partial charge in [-0.25, -0.2) is 4.99 Å². The zero-order chi connectivity index (χ0) is 17.3. The predicted molar refractivity (Wildman–Crippen MR) is 94.0 cm³/mol. The molecule has 6 heteroatoms. The first-order valence-electron chi connectivity index (χ1n) is 7.34. The molecule has 1 heterocycles. The third kappa shape index (κ3) is 3.53. The molecule has 2 aromatic carbocycles. The van der Waals surface area contributed by atoms with Gasteiger partial charge in [0.2, 0.25) is 0 Å². The summed E-state index contributed by atoms with van der Waals surface area (Å²) in [7, 11) is 0. The minimum atomic E-state index is -4.33. The average Bonchev–Trinajstić information content (AvgIpc) is 2.73. The highest BCUT2D eigenvalue weighted by Gasteiger charge is 2.30. The number of aryl methyl sites for hydroxylation is 1. The van der Waals surface area contributed by atoms with E-state index in [1.165, 1.54) is 23.9 Å². The number of hydrogen-bond donors (Lipinski definition) is 0. The van der Waals surface area contributed by atoms with Crippen LogP contribution in [0.2, 0.25) is 0 Å². The molecule has 0 saturated heterocycles. The van der Waals surface area contributed by atoms with Crippen molar-refractivity contribution in [3.05, 3.63) is 59.2 Å². The highest BCUT2D eigenvalue weighted by atomic mass is 32.2. The molecule has 0 unspecified atom stereocenters. The Hall–Kier alpha value is -2.08. The average molecular weight is 348 g/mol. The first-order chi connectivity index (χ1) is 11.4. The monoisotopic (exact) mass is 348 g/mol. The number of hydrogen-bond acceptors (Lipinski definition) is 3. The summed E-state index contributed by atoms with van der Waals surface area (Å²) in [5.41, 5.74) is 3.36. The molecule has 24 heavy (non-hydrogen) atoms. The van der Waals surface area contributed by atoms with Crippen LogP contribution in [0.25, 0.3) is 0 Å². The van der Waals surface area contributed by atoms with Gasteiger partial charge in [-0.15, -0.1) is 11.8 Å². The van der Waals surface area contributed by atoms with E-state index in [4.69, 9.17) is 0 Å². The summed E-state index contributed by atoms with van der Waals surface area (Å²) < 4.78 is 38.2. The van der Waals surface area contributed by atoms with E-state index in [-0.39, 0.29) is 0 Å². The standard InChI is InChI=1S/C18H15F3N2S/c1-11-3-8-14-16(9-11)23-17(24-2)10-15(22-14)12-4-6-13(7-5-12)18(19,20)21/h3-9H,10H2,1-2H3. The van der Waals surface area contributed by atoms with E-state index in [9.17, 15) is 13.2 Å². The molecule has 124 valence electrons. The van der Waals surface area contributed by atoms with Gasteiger partial charge in [0.1, 0.15) is 0 Å². The summed E-state index contributed by atoms with van der Waals surface area (Å²) in [4.78, 5) is 9.28. The topological polar surface area (TPSA) is 24.7 Å². The van der Waals surface area contributed by atoms with Crippen LogP contribution in [0.15, 0.2) is 52.4 Å². The molecule has 0 amide bonds. The Morgan fingerprint density at radius 1 is 0.958 bits per heavy atom. The van der Waals surface area contributed by atoms with Crippen molar-refractivity contribution < 1.29 is 13.2 Å². The quantitative estimate of drug-likeness (QED) is 0.627. The Bertz CT molecular complexity index is 821. The fourth-order valence-corrected chi connectivity index (χ4v) is 2.93. The summed E-state index contributed by atoms with van der Waals surface area (Å²) >= 11 is 1.52. The lowest BCUT2D eigenvalue weighted by Crippen LogP contribution is -2.08. The summed E-state index contributed by atoms with van der Waals surface area (Å²) in [5.74, 6) is 0. The van der Waals surface area contributed by atoms with Gasteiger partial charge in [-0.3, -0.25) is 4.99 Å². The van der Waals surface area contributed by atoms with Gasteiger partial charge in [0.05, 0.1) is 27.7 Å². The second kappa shape index (κ2) is 6.43.